The van der Waals surface area contributed by atoms with E-state index in [-0.39, 0.29) is 5.91 Å². The fourth-order valence-corrected chi connectivity index (χ4v) is 4.12. The van der Waals surface area contributed by atoms with Gasteiger partial charge in [0.15, 0.2) is 5.82 Å². The molecule has 2 N–H and O–H groups in total. The number of nitrogens with one attached hydrogen (secondary N) is 2. The molecule has 1 aliphatic heterocycles. The SMILES string of the molecule is COc1ccc(C2C(C(=O)Nc3cccnc3)=C(C)Nc3nc(-c4ccccc4)nn32)c(OC)c1. The summed E-state index contributed by atoms with van der Waals surface area (Å²) in [5.41, 5.74) is 3.35. The number of carbonyl (C=O) groups excluding carboxylic acids is 1. The summed E-state index contributed by atoms with van der Waals surface area (Å²) < 4.78 is 12.8. The number of ether oxygens (including phenoxy) is 2. The van der Waals surface area contributed by atoms with Crippen molar-refractivity contribution >= 4 is 17.5 Å². The summed E-state index contributed by atoms with van der Waals surface area (Å²) in [5.74, 6) is 2.01. The Kier molecular flexibility index (Phi) is 5.88. The molecule has 0 spiro atoms. The number of allylic oxidation sites excluding steroid dienone is 1. The highest BCUT2D eigenvalue weighted by atomic mass is 16.5. The third-order valence-corrected chi connectivity index (χ3v) is 5.78. The smallest absolute Gasteiger partial charge is 0.255 e. The van der Waals surface area contributed by atoms with E-state index in [1.54, 1.807) is 49.5 Å². The summed E-state index contributed by atoms with van der Waals surface area (Å²) in [4.78, 5) is 22.4. The van der Waals surface area contributed by atoms with E-state index >= 15 is 0 Å². The molecule has 1 atom stereocenters. The van der Waals surface area contributed by atoms with Crippen LogP contribution in [0.5, 0.6) is 11.5 Å². The number of anilines is 2. The summed E-state index contributed by atoms with van der Waals surface area (Å²) in [7, 11) is 3.18. The highest BCUT2D eigenvalue weighted by Crippen LogP contribution is 2.41. The third-order valence-electron chi connectivity index (χ3n) is 5.78. The lowest BCUT2D eigenvalue weighted by Crippen LogP contribution is -2.31. The largest absolute Gasteiger partial charge is 0.497 e. The summed E-state index contributed by atoms with van der Waals surface area (Å²) in [6, 6.07) is 18.2. The maximum absolute atomic E-state index is 13.6. The molecule has 5 rings (SSSR count). The average molecular weight is 469 g/mol. The first-order chi connectivity index (χ1) is 17.1. The van der Waals surface area contributed by atoms with Crippen LogP contribution < -0.4 is 20.1 Å². The van der Waals surface area contributed by atoms with Gasteiger partial charge in [0, 0.05) is 29.1 Å². The van der Waals surface area contributed by atoms with Crippen molar-refractivity contribution in [3.8, 4) is 22.9 Å². The Morgan fingerprint density at radius 2 is 1.89 bits per heavy atom. The Labute approximate surface area is 202 Å². The Bertz CT molecular complexity index is 1400. The van der Waals surface area contributed by atoms with Crippen molar-refractivity contribution in [3.63, 3.8) is 0 Å². The molecule has 1 aliphatic rings. The van der Waals surface area contributed by atoms with Crippen molar-refractivity contribution in [1.29, 1.82) is 0 Å². The van der Waals surface area contributed by atoms with E-state index in [1.807, 2.05) is 49.4 Å². The molecule has 1 unspecified atom stereocenters. The van der Waals surface area contributed by atoms with Gasteiger partial charge in [0.05, 0.1) is 31.7 Å². The summed E-state index contributed by atoms with van der Waals surface area (Å²) >= 11 is 0. The van der Waals surface area contributed by atoms with Crippen LogP contribution in [-0.4, -0.2) is 39.9 Å². The summed E-state index contributed by atoms with van der Waals surface area (Å²) in [5, 5.41) is 11.0. The fraction of sp³-hybridized carbons (Fsp3) is 0.154. The van der Waals surface area contributed by atoms with Gasteiger partial charge in [-0.3, -0.25) is 9.78 Å². The number of pyridine rings is 1. The molecule has 9 nitrogen and oxygen atoms in total. The highest BCUT2D eigenvalue weighted by molar-refractivity contribution is 6.06. The number of aromatic nitrogens is 4. The first-order valence-electron chi connectivity index (χ1n) is 11.0. The monoisotopic (exact) mass is 468 g/mol. The molecule has 0 bridgehead atoms. The van der Waals surface area contributed by atoms with E-state index < -0.39 is 6.04 Å². The van der Waals surface area contributed by atoms with Gasteiger partial charge in [-0.2, -0.15) is 4.98 Å². The molecular formula is C26H24N6O3. The topological polar surface area (TPSA) is 103 Å². The zero-order valence-electron chi connectivity index (χ0n) is 19.5. The number of nitrogens with zero attached hydrogens (tertiary/aromatic N) is 4. The second kappa shape index (κ2) is 9.30. The minimum atomic E-state index is -0.603. The lowest BCUT2D eigenvalue weighted by atomic mass is 9.94. The Morgan fingerprint density at radius 1 is 1.06 bits per heavy atom. The molecule has 1 amide bonds. The molecule has 176 valence electrons. The van der Waals surface area contributed by atoms with Gasteiger partial charge in [-0.15, -0.1) is 5.10 Å². The first kappa shape index (κ1) is 22.1. The van der Waals surface area contributed by atoms with E-state index in [4.69, 9.17) is 19.6 Å². The quantitative estimate of drug-likeness (QED) is 0.435. The van der Waals surface area contributed by atoms with E-state index in [0.717, 1.165) is 11.1 Å². The van der Waals surface area contributed by atoms with Gasteiger partial charge >= 0.3 is 0 Å². The Morgan fingerprint density at radius 3 is 2.60 bits per heavy atom. The van der Waals surface area contributed by atoms with Crippen molar-refractivity contribution in [3.05, 3.63) is 89.9 Å². The van der Waals surface area contributed by atoms with Crippen molar-refractivity contribution in [2.75, 3.05) is 24.9 Å². The van der Waals surface area contributed by atoms with Gasteiger partial charge in [-0.1, -0.05) is 30.3 Å². The molecular weight excluding hydrogens is 444 g/mol. The second-order valence-corrected chi connectivity index (χ2v) is 7.94. The normalized spacial score (nSPS) is 14.7. The van der Waals surface area contributed by atoms with Gasteiger partial charge in [0.1, 0.15) is 17.5 Å². The molecule has 0 saturated carbocycles. The predicted octanol–water partition coefficient (Wildman–Crippen LogP) is 4.28. The highest BCUT2D eigenvalue weighted by Gasteiger charge is 2.36. The van der Waals surface area contributed by atoms with E-state index in [9.17, 15) is 4.79 Å². The molecule has 9 heteroatoms. The van der Waals surface area contributed by atoms with Gasteiger partial charge < -0.3 is 20.1 Å². The molecule has 4 aromatic rings. The van der Waals surface area contributed by atoms with Crippen LogP contribution in [0.15, 0.2) is 84.3 Å². The molecule has 2 aromatic heterocycles. The van der Waals surface area contributed by atoms with Crippen molar-refractivity contribution in [1.82, 2.24) is 19.7 Å². The van der Waals surface area contributed by atoms with Crippen LogP contribution in [0.4, 0.5) is 11.6 Å². The van der Waals surface area contributed by atoms with Crippen LogP contribution in [0.1, 0.15) is 18.5 Å². The van der Waals surface area contributed by atoms with Gasteiger partial charge in [-0.05, 0) is 31.2 Å². The minimum Gasteiger partial charge on any atom is -0.497 e. The zero-order chi connectivity index (χ0) is 24.4. The summed E-state index contributed by atoms with van der Waals surface area (Å²) in [6.45, 7) is 1.85. The summed E-state index contributed by atoms with van der Waals surface area (Å²) in [6.07, 6.45) is 3.25. The fourth-order valence-electron chi connectivity index (χ4n) is 4.12. The van der Waals surface area contributed by atoms with Gasteiger partial charge in [0.25, 0.3) is 5.91 Å². The number of fused-ring (bicyclic) bond motifs is 1. The Balaban J connectivity index is 1.65. The number of hydrogen-bond acceptors (Lipinski definition) is 7. The standard InChI is InChI=1S/C26H24N6O3/c1-16-22(25(33)29-18-10-7-13-27-15-18)23(20-12-11-19(34-2)14-21(20)35-3)32-26(28-16)30-24(31-32)17-8-5-4-6-9-17/h4-15,23H,1-3H3,(H,29,33)(H,28,30,31). The van der Waals surface area contributed by atoms with E-state index in [0.29, 0.717) is 40.2 Å². The van der Waals surface area contributed by atoms with Crippen LogP contribution in [-0.2, 0) is 4.79 Å². The molecule has 0 saturated heterocycles. The number of methoxy groups -OCH3 is 2. The number of rotatable bonds is 6. The lowest BCUT2D eigenvalue weighted by molar-refractivity contribution is -0.113. The Hall–Kier alpha value is -4.66. The van der Waals surface area contributed by atoms with E-state index in [1.165, 1.54) is 0 Å². The first-order valence-corrected chi connectivity index (χ1v) is 11.0. The number of carbonyl (C=O) groups is 1. The molecule has 0 radical (unpaired) electrons. The van der Waals surface area contributed by atoms with Crippen LogP contribution >= 0.6 is 0 Å². The van der Waals surface area contributed by atoms with Crippen molar-refractivity contribution in [2.45, 2.75) is 13.0 Å². The third kappa shape index (κ3) is 4.19. The average Bonchev–Trinajstić information content (AvgIpc) is 3.32. The molecule has 2 aromatic carbocycles. The van der Waals surface area contributed by atoms with E-state index in [2.05, 4.69) is 15.6 Å². The molecule has 3 heterocycles. The van der Waals surface area contributed by atoms with Crippen LogP contribution in [0.3, 0.4) is 0 Å². The molecule has 0 aliphatic carbocycles. The molecule has 0 fully saturated rings. The van der Waals surface area contributed by atoms with Crippen LogP contribution in [0.2, 0.25) is 0 Å². The van der Waals surface area contributed by atoms with Gasteiger partial charge in [-0.25, -0.2) is 4.68 Å². The maximum Gasteiger partial charge on any atom is 0.255 e. The number of benzene rings is 2. The zero-order valence-corrected chi connectivity index (χ0v) is 19.5. The van der Waals surface area contributed by atoms with Crippen LogP contribution in [0, 0.1) is 0 Å². The second-order valence-electron chi connectivity index (χ2n) is 7.94. The predicted molar refractivity (Wildman–Crippen MR) is 132 cm³/mol. The molecule has 35 heavy (non-hydrogen) atoms. The van der Waals surface area contributed by atoms with Crippen molar-refractivity contribution < 1.29 is 14.3 Å². The van der Waals surface area contributed by atoms with Gasteiger partial charge in [0.2, 0.25) is 5.95 Å². The number of hydrogen-bond donors (Lipinski definition) is 2. The lowest BCUT2D eigenvalue weighted by Gasteiger charge is -2.29. The maximum atomic E-state index is 13.6. The minimum absolute atomic E-state index is 0.284. The van der Waals surface area contributed by atoms with Crippen molar-refractivity contribution in [2.24, 2.45) is 0 Å². The number of amides is 1. The van der Waals surface area contributed by atoms with Crippen LogP contribution in [0.25, 0.3) is 11.4 Å².